The molecule has 0 aliphatic rings. The van der Waals surface area contributed by atoms with Gasteiger partial charge in [0.25, 0.3) is 5.91 Å². The van der Waals surface area contributed by atoms with Gasteiger partial charge in [-0.3, -0.25) is 9.59 Å². The Morgan fingerprint density at radius 1 is 1.00 bits per heavy atom. The number of carbonyl (C=O) groups is 2. The molecule has 1 N–H and O–H groups in total. The highest BCUT2D eigenvalue weighted by molar-refractivity contribution is 5.88. The molecule has 2 aromatic carbocycles. The van der Waals surface area contributed by atoms with Gasteiger partial charge in [-0.1, -0.05) is 26.0 Å². The fraction of sp³-hybridized carbons (Fsp3) is 0.417. The zero-order valence-electron chi connectivity index (χ0n) is 18.6. The zero-order valence-corrected chi connectivity index (χ0v) is 18.6. The van der Waals surface area contributed by atoms with E-state index in [4.69, 9.17) is 9.47 Å². The summed E-state index contributed by atoms with van der Waals surface area (Å²) in [6.07, 6.45) is 1.23. The average molecular weight is 431 g/mol. The van der Waals surface area contributed by atoms with Crippen molar-refractivity contribution >= 4 is 11.8 Å². The van der Waals surface area contributed by atoms with Crippen LogP contribution in [0.15, 0.2) is 48.5 Å². The smallest absolute Gasteiger partial charge is 0.261 e. The zero-order chi connectivity index (χ0) is 22.8. The van der Waals surface area contributed by atoms with Crippen LogP contribution in [-0.2, 0) is 16.1 Å². The Hall–Kier alpha value is -3.09. The van der Waals surface area contributed by atoms with Crippen molar-refractivity contribution < 1.29 is 23.5 Å². The Balaban J connectivity index is 2.18. The first-order valence-corrected chi connectivity index (χ1v) is 10.5. The highest BCUT2D eigenvalue weighted by Gasteiger charge is 2.29. The molecule has 0 saturated heterocycles. The molecule has 0 heterocycles. The van der Waals surface area contributed by atoms with Crippen molar-refractivity contribution in [2.45, 2.75) is 52.2 Å². The topological polar surface area (TPSA) is 67.9 Å². The molecule has 0 saturated carbocycles. The van der Waals surface area contributed by atoms with Crippen molar-refractivity contribution in [3.05, 3.63) is 59.9 Å². The lowest BCUT2D eigenvalue weighted by atomic mass is 10.1. The molecule has 0 fully saturated rings. The Labute approximate surface area is 183 Å². The molecule has 2 aromatic rings. The summed E-state index contributed by atoms with van der Waals surface area (Å²) in [5.41, 5.74) is 0.731. The molecule has 168 valence electrons. The quantitative estimate of drug-likeness (QED) is 0.586. The van der Waals surface area contributed by atoms with Crippen molar-refractivity contribution in [3.8, 4) is 11.5 Å². The van der Waals surface area contributed by atoms with Crippen molar-refractivity contribution in [2.24, 2.45) is 0 Å². The minimum atomic E-state index is -0.661. The molecule has 2 atom stereocenters. The van der Waals surface area contributed by atoms with Gasteiger partial charge in [0.1, 0.15) is 23.4 Å². The van der Waals surface area contributed by atoms with Gasteiger partial charge in [-0.2, -0.15) is 0 Å². The van der Waals surface area contributed by atoms with Crippen LogP contribution in [0.4, 0.5) is 4.39 Å². The average Bonchev–Trinajstić information content (AvgIpc) is 2.78. The van der Waals surface area contributed by atoms with E-state index < -0.39 is 6.04 Å². The van der Waals surface area contributed by atoms with E-state index in [1.807, 2.05) is 20.8 Å². The lowest BCUT2D eigenvalue weighted by Gasteiger charge is -2.31. The van der Waals surface area contributed by atoms with Crippen molar-refractivity contribution in [3.63, 3.8) is 0 Å². The van der Waals surface area contributed by atoms with Crippen LogP contribution in [0.25, 0.3) is 0 Å². The maximum Gasteiger partial charge on any atom is 0.261 e. The monoisotopic (exact) mass is 430 g/mol. The summed E-state index contributed by atoms with van der Waals surface area (Å²) in [6.45, 7) is 5.72. The van der Waals surface area contributed by atoms with Crippen molar-refractivity contribution in [1.82, 2.24) is 10.2 Å². The first kappa shape index (κ1) is 24.2. The number of hydrogen-bond donors (Lipinski definition) is 1. The number of rotatable bonds is 11. The molecule has 0 aliphatic carbocycles. The third-order valence-corrected chi connectivity index (χ3v) is 5.07. The third-order valence-electron chi connectivity index (χ3n) is 5.07. The highest BCUT2D eigenvalue weighted by Crippen LogP contribution is 2.18. The summed E-state index contributed by atoms with van der Waals surface area (Å²) in [4.78, 5) is 27.4. The van der Waals surface area contributed by atoms with Gasteiger partial charge >= 0.3 is 0 Å². The molecule has 2 rings (SSSR count). The fourth-order valence-corrected chi connectivity index (χ4v) is 3.05. The van der Waals surface area contributed by atoms with Gasteiger partial charge in [-0.05, 0) is 61.7 Å². The van der Waals surface area contributed by atoms with E-state index in [0.29, 0.717) is 17.9 Å². The molecule has 0 bridgehead atoms. The van der Waals surface area contributed by atoms with E-state index in [2.05, 4.69) is 5.32 Å². The van der Waals surface area contributed by atoms with Gasteiger partial charge in [-0.15, -0.1) is 0 Å². The van der Waals surface area contributed by atoms with E-state index in [1.54, 1.807) is 43.5 Å². The lowest BCUT2D eigenvalue weighted by Crippen LogP contribution is -2.51. The van der Waals surface area contributed by atoms with Crippen LogP contribution in [0.1, 0.15) is 39.2 Å². The summed E-state index contributed by atoms with van der Waals surface area (Å²) < 4.78 is 24.1. The number of ether oxygens (including phenoxy) is 2. The second-order valence-electron chi connectivity index (χ2n) is 7.35. The van der Waals surface area contributed by atoms with Gasteiger partial charge < -0.3 is 19.7 Å². The van der Waals surface area contributed by atoms with Crippen LogP contribution < -0.4 is 14.8 Å². The van der Waals surface area contributed by atoms with E-state index >= 15 is 0 Å². The second kappa shape index (κ2) is 11.9. The van der Waals surface area contributed by atoms with E-state index in [0.717, 1.165) is 12.0 Å². The van der Waals surface area contributed by atoms with Gasteiger partial charge in [0.2, 0.25) is 5.91 Å². The molecule has 0 aliphatic heterocycles. The summed E-state index contributed by atoms with van der Waals surface area (Å²) in [5, 5.41) is 2.95. The standard InChI is InChI=1S/C24H31FN2O4/c1-5-17(3)26-24(29)22(6-2)27(15-18-7-9-19(25)10-8-18)23(28)16-31-21-13-11-20(30-4)12-14-21/h7-14,17,22H,5-6,15-16H2,1-4H3,(H,26,29). The number of halogens is 1. The van der Waals surface area contributed by atoms with E-state index in [-0.39, 0.29) is 36.8 Å². The van der Waals surface area contributed by atoms with Crippen LogP contribution in [0.2, 0.25) is 0 Å². The number of amides is 2. The molecule has 0 aromatic heterocycles. The van der Waals surface area contributed by atoms with Crippen LogP contribution in [-0.4, -0.2) is 42.5 Å². The third kappa shape index (κ3) is 7.27. The lowest BCUT2D eigenvalue weighted by molar-refractivity contribution is -0.143. The summed E-state index contributed by atoms with van der Waals surface area (Å²) in [5.74, 6) is 0.312. The molecule has 2 amide bonds. The van der Waals surface area contributed by atoms with Gasteiger partial charge in [-0.25, -0.2) is 4.39 Å². The molecule has 2 unspecified atom stereocenters. The Bertz CT molecular complexity index is 840. The van der Waals surface area contributed by atoms with Crippen molar-refractivity contribution in [1.29, 1.82) is 0 Å². The van der Waals surface area contributed by atoms with Crippen LogP contribution in [0, 0.1) is 5.82 Å². The number of nitrogens with one attached hydrogen (secondary N) is 1. The Morgan fingerprint density at radius 3 is 2.16 bits per heavy atom. The highest BCUT2D eigenvalue weighted by atomic mass is 19.1. The molecule has 7 heteroatoms. The Morgan fingerprint density at radius 2 is 1.61 bits per heavy atom. The summed E-state index contributed by atoms with van der Waals surface area (Å²) >= 11 is 0. The molecule has 0 spiro atoms. The van der Waals surface area contributed by atoms with Crippen molar-refractivity contribution in [2.75, 3.05) is 13.7 Å². The largest absolute Gasteiger partial charge is 0.497 e. The summed E-state index contributed by atoms with van der Waals surface area (Å²) in [6, 6.07) is 12.1. The second-order valence-corrected chi connectivity index (χ2v) is 7.35. The number of benzene rings is 2. The van der Waals surface area contributed by atoms with Crippen LogP contribution in [0.3, 0.4) is 0 Å². The first-order valence-electron chi connectivity index (χ1n) is 10.5. The normalized spacial score (nSPS) is 12.5. The minimum absolute atomic E-state index is 0.000118. The molecule has 31 heavy (non-hydrogen) atoms. The number of hydrogen-bond acceptors (Lipinski definition) is 4. The number of methoxy groups -OCH3 is 1. The Kier molecular flexibility index (Phi) is 9.31. The van der Waals surface area contributed by atoms with Gasteiger partial charge in [0.15, 0.2) is 6.61 Å². The van der Waals surface area contributed by atoms with Crippen LogP contribution >= 0.6 is 0 Å². The maximum atomic E-state index is 13.3. The van der Waals surface area contributed by atoms with Crippen LogP contribution in [0.5, 0.6) is 11.5 Å². The minimum Gasteiger partial charge on any atom is -0.497 e. The van der Waals surface area contributed by atoms with Gasteiger partial charge in [0, 0.05) is 12.6 Å². The molecule has 6 nitrogen and oxygen atoms in total. The number of carbonyl (C=O) groups excluding carboxylic acids is 2. The predicted molar refractivity (Wildman–Crippen MR) is 117 cm³/mol. The van der Waals surface area contributed by atoms with Gasteiger partial charge in [0.05, 0.1) is 7.11 Å². The molecule has 0 radical (unpaired) electrons. The maximum absolute atomic E-state index is 13.3. The first-order chi connectivity index (χ1) is 14.9. The number of nitrogens with zero attached hydrogens (tertiary/aromatic N) is 1. The summed E-state index contributed by atoms with van der Waals surface area (Å²) in [7, 11) is 1.57. The molecular formula is C24H31FN2O4. The predicted octanol–water partition coefficient (Wildman–Crippen LogP) is 3.94. The SMILES string of the molecule is CCC(C)NC(=O)C(CC)N(Cc1ccc(F)cc1)C(=O)COc1ccc(OC)cc1. The van der Waals surface area contributed by atoms with E-state index in [1.165, 1.54) is 17.0 Å². The fourth-order valence-electron chi connectivity index (χ4n) is 3.05. The van der Waals surface area contributed by atoms with E-state index in [9.17, 15) is 14.0 Å². The molecular weight excluding hydrogens is 399 g/mol.